The third-order valence-electron chi connectivity index (χ3n) is 3.49. The fraction of sp³-hybridized carbons (Fsp3) is 0. The van der Waals surface area contributed by atoms with Gasteiger partial charge in [0.15, 0.2) is 0 Å². The first kappa shape index (κ1) is 16.3. The van der Waals surface area contributed by atoms with E-state index in [1.165, 1.54) is 12.3 Å². The van der Waals surface area contributed by atoms with Crippen molar-refractivity contribution in [3.8, 4) is 5.75 Å². The monoisotopic (exact) mass is 358 g/mol. The molecule has 0 unspecified atom stereocenters. The number of benzene rings is 3. The van der Waals surface area contributed by atoms with Crippen molar-refractivity contribution < 1.29 is 9.90 Å². The van der Waals surface area contributed by atoms with Crippen molar-refractivity contribution in [2.45, 2.75) is 0 Å². The van der Waals surface area contributed by atoms with Gasteiger partial charge in [-0.05, 0) is 35.0 Å². The number of hydrazone groups is 1. The summed E-state index contributed by atoms with van der Waals surface area (Å²) >= 11 is 11.7. The zero-order chi connectivity index (χ0) is 17.1. The van der Waals surface area contributed by atoms with E-state index in [4.69, 9.17) is 23.2 Å². The molecule has 120 valence electrons. The summed E-state index contributed by atoms with van der Waals surface area (Å²) in [5.41, 5.74) is 3.27. The lowest BCUT2D eigenvalue weighted by atomic mass is 10.0. The lowest BCUT2D eigenvalue weighted by molar-refractivity contribution is 0.0955. The van der Waals surface area contributed by atoms with E-state index < -0.39 is 5.91 Å². The minimum Gasteiger partial charge on any atom is -0.507 e. The van der Waals surface area contributed by atoms with Crippen LogP contribution in [0.5, 0.6) is 5.75 Å². The van der Waals surface area contributed by atoms with Gasteiger partial charge in [-0.3, -0.25) is 4.79 Å². The number of fused-ring (bicyclic) bond motifs is 1. The molecule has 0 atom stereocenters. The molecule has 0 aliphatic heterocycles. The number of hydrogen-bond donors (Lipinski definition) is 2. The Balaban J connectivity index is 1.83. The van der Waals surface area contributed by atoms with E-state index in [-0.39, 0.29) is 5.75 Å². The molecule has 0 saturated carbocycles. The number of halogens is 2. The van der Waals surface area contributed by atoms with Gasteiger partial charge >= 0.3 is 0 Å². The zero-order valence-corrected chi connectivity index (χ0v) is 13.8. The molecule has 0 aromatic heterocycles. The summed E-state index contributed by atoms with van der Waals surface area (Å²) in [7, 11) is 0. The van der Waals surface area contributed by atoms with Gasteiger partial charge in [0.05, 0.1) is 16.3 Å². The van der Waals surface area contributed by atoms with E-state index in [9.17, 15) is 9.90 Å². The SMILES string of the molecule is O=C(N/N=C\c1c(O)ccc2ccccc12)c1ccc(Cl)c(Cl)c1. The van der Waals surface area contributed by atoms with Gasteiger partial charge in [0, 0.05) is 11.1 Å². The number of phenols is 1. The summed E-state index contributed by atoms with van der Waals surface area (Å²) in [6.07, 6.45) is 1.41. The Morgan fingerprint density at radius 3 is 2.62 bits per heavy atom. The number of aromatic hydroxyl groups is 1. The van der Waals surface area contributed by atoms with Gasteiger partial charge in [-0.25, -0.2) is 5.43 Å². The van der Waals surface area contributed by atoms with Gasteiger partial charge in [0.1, 0.15) is 5.75 Å². The molecule has 3 rings (SSSR count). The van der Waals surface area contributed by atoms with Crippen molar-refractivity contribution in [2.75, 3.05) is 0 Å². The number of carbonyl (C=O) groups excluding carboxylic acids is 1. The molecule has 2 N–H and O–H groups in total. The average Bonchev–Trinajstić information content (AvgIpc) is 2.59. The van der Waals surface area contributed by atoms with Crippen LogP contribution in [0.2, 0.25) is 10.0 Å². The summed E-state index contributed by atoms with van der Waals surface area (Å²) in [5.74, 6) is -0.342. The number of nitrogens with zero attached hydrogens (tertiary/aromatic N) is 1. The Kier molecular flexibility index (Phi) is 4.69. The highest BCUT2D eigenvalue weighted by Gasteiger charge is 2.08. The highest BCUT2D eigenvalue weighted by atomic mass is 35.5. The first-order chi connectivity index (χ1) is 11.6. The molecule has 0 aliphatic rings. The van der Waals surface area contributed by atoms with Crippen LogP contribution in [0.25, 0.3) is 10.8 Å². The average molecular weight is 359 g/mol. The second kappa shape index (κ2) is 6.91. The molecule has 0 fully saturated rings. The number of hydrogen-bond acceptors (Lipinski definition) is 3. The Bertz CT molecular complexity index is 955. The van der Waals surface area contributed by atoms with Crippen molar-refractivity contribution in [3.05, 3.63) is 75.8 Å². The van der Waals surface area contributed by atoms with E-state index in [0.717, 1.165) is 10.8 Å². The van der Waals surface area contributed by atoms with Crippen LogP contribution in [0.1, 0.15) is 15.9 Å². The molecular weight excluding hydrogens is 347 g/mol. The van der Waals surface area contributed by atoms with Crippen molar-refractivity contribution >= 4 is 46.1 Å². The molecule has 0 radical (unpaired) electrons. The van der Waals surface area contributed by atoms with Crippen LogP contribution >= 0.6 is 23.2 Å². The maximum absolute atomic E-state index is 12.1. The van der Waals surface area contributed by atoms with E-state index >= 15 is 0 Å². The van der Waals surface area contributed by atoms with E-state index in [2.05, 4.69) is 10.5 Å². The lowest BCUT2D eigenvalue weighted by Gasteiger charge is -2.05. The topological polar surface area (TPSA) is 61.7 Å². The van der Waals surface area contributed by atoms with Gasteiger partial charge < -0.3 is 5.11 Å². The van der Waals surface area contributed by atoms with Gasteiger partial charge in [0.25, 0.3) is 5.91 Å². The number of rotatable bonds is 3. The standard InChI is InChI=1S/C18H12Cl2N2O2/c19-15-7-5-12(9-16(15)20)18(24)22-21-10-14-13-4-2-1-3-11(13)6-8-17(14)23/h1-10,23H,(H,22,24)/b21-10-. The second-order valence-electron chi connectivity index (χ2n) is 5.05. The van der Waals surface area contributed by atoms with Crippen LogP contribution in [0.4, 0.5) is 0 Å². The molecule has 0 aliphatic carbocycles. The first-order valence-electron chi connectivity index (χ1n) is 7.05. The second-order valence-corrected chi connectivity index (χ2v) is 5.86. The fourth-order valence-electron chi connectivity index (χ4n) is 2.28. The van der Waals surface area contributed by atoms with E-state index in [0.29, 0.717) is 21.2 Å². The Morgan fingerprint density at radius 2 is 1.83 bits per heavy atom. The van der Waals surface area contributed by atoms with E-state index in [1.807, 2.05) is 30.3 Å². The summed E-state index contributed by atoms with van der Waals surface area (Å²) in [4.78, 5) is 12.1. The normalized spacial score (nSPS) is 11.1. The predicted octanol–water partition coefficient (Wildman–Crippen LogP) is 4.62. The zero-order valence-electron chi connectivity index (χ0n) is 12.3. The van der Waals surface area contributed by atoms with Gasteiger partial charge in [-0.1, -0.05) is 53.5 Å². The Morgan fingerprint density at radius 1 is 1.04 bits per heavy atom. The quantitative estimate of drug-likeness (QED) is 0.530. The number of nitrogens with one attached hydrogen (secondary N) is 1. The maximum atomic E-state index is 12.1. The number of amides is 1. The number of phenolic OH excluding ortho intramolecular Hbond substituents is 1. The maximum Gasteiger partial charge on any atom is 0.271 e. The molecule has 0 spiro atoms. The highest BCUT2D eigenvalue weighted by Crippen LogP contribution is 2.25. The predicted molar refractivity (Wildman–Crippen MR) is 97.1 cm³/mol. The lowest BCUT2D eigenvalue weighted by Crippen LogP contribution is -2.17. The molecule has 0 bridgehead atoms. The molecule has 24 heavy (non-hydrogen) atoms. The minimum absolute atomic E-state index is 0.0845. The smallest absolute Gasteiger partial charge is 0.271 e. The van der Waals surface area contributed by atoms with Gasteiger partial charge in [-0.15, -0.1) is 0 Å². The van der Waals surface area contributed by atoms with Crippen LogP contribution in [-0.4, -0.2) is 17.2 Å². The highest BCUT2D eigenvalue weighted by molar-refractivity contribution is 6.42. The van der Waals surface area contributed by atoms with Crippen LogP contribution in [0.3, 0.4) is 0 Å². The molecule has 4 nitrogen and oxygen atoms in total. The summed E-state index contributed by atoms with van der Waals surface area (Å²) < 4.78 is 0. The molecule has 1 amide bonds. The van der Waals surface area contributed by atoms with Crippen LogP contribution in [0, 0.1) is 0 Å². The molecule has 3 aromatic carbocycles. The van der Waals surface area contributed by atoms with E-state index in [1.54, 1.807) is 18.2 Å². The molecule has 0 heterocycles. The van der Waals surface area contributed by atoms with Gasteiger partial charge in [0.2, 0.25) is 0 Å². The summed E-state index contributed by atoms with van der Waals surface area (Å²) in [6.45, 7) is 0. The summed E-state index contributed by atoms with van der Waals surface area (Å²) in [6, 6.07) is 15.5. The molecule has 3 aromatic rings. The van der Waals surface area contributed by atoms with Crippen LogP contribution < -0.4 is 5.43 Å². The molecule has 6 heteroatoms. The van der Waals surface area contributed by atoms with Gasteiger partial charge in [-0.2, -0.15) is 5.10 Å². The first-order valence-corrected chi connectivity index (χ1v) is 7.81. The molecular formula is C18H12Cl2N2O2. The third kappa shape index (κ3) is 3.35. The van der Waals surface area contributed by atoms with Crippen molar-refractivity contribution in [2.24, 2.45) is 5.10 Å². The Hall–Kier alpha value is -2.56. The number of carbonyl (C=O) groups is 1. The fourth-order valence-corrected chi connectivity index (χ4v) is 2.58. The summed E-state index contributed by atoms with van der Waals surface area (Å²) in [5, 5.41) is 16.4. The molecule has 0 saturated heterocycles. The van der Waals surface area contributed by atoms with Crippen LogP contribution in [0.15, 0.2) is 59.7 Å². The van der Waals surface area contributed by atoms with Crippen molar-refractivity contribution in [3.63, 3.8) is 0 Å². The van der Waals surface area contributed by atoms with Crippen molar-refractivity contribution in [1.82, 2.24) is 5.43 Å². The third-order valence-corrected chi connectivity index (χ3v) is 4.23. The van der Waals surface area contributed by atoms with Crippen molar-refractivity contribution in [1.29, 1.82) is 0 Å². The Labute approximate surface area is 148 Å². The minimum atomic E-state index is -0.426. The largest absolute Gasteiger partial charge is 0.507 e. The van der Waals surface area contributed by atoms with Crippen LogP contribution in [-0.2, 0) is 0 Å².